The Bertz CT molecular complexity index is 744. The minimum Gasteiger partial charge on any atom is -0.497 e. The molecular weight excluding hydrogens is 294 g/mol. The molecule has 23 heavy (non-hydrogen) atoms. The van der Waals surface area contributed by atoms with Crippen LogP contribution in [0.1, 0.15) is 11.1 Å². The minimum atomic E-state index is -1.56. The van der Waals surface area contributed by atoms with E-state index in [2.05, 4.69) is 15.9 Å². The second-order valence-corrected chi connectivity index (χ2v) is 4.61. The van der Waals surface area contributed by atoms with E-state index in [0.717, 1.165) is 0 Å². The Balaban J connectivity index is 2.28. The van der Waals surface area contributed by atoms with Gasteiger partial charge in [0, 0.05) is 16.0 Å². The van der Waals surface area contributed by atoms with E-state index < -0.39 is 5.60 Å². The Labute approximate surface area is 133 Å². The van der Waals surface area contributed by atoms with E-state index in [9.17, 15) is 5.11 Å². The molecule has 0 amide bonds. The topological polar surface area (TPSA) is 87.5 Å². The predicted molar refractivity (Wildman–Crippen MR) is 85.9 cm³/mol. The molecule has 2 aromatic rings. The molecule has 0 aliphatic rings. The van der Waals surface area contributed by atoms with Crippen molar-refractivity contribution < 1.29 is 14.6 Å². The second kappa shape index (κ2) is 7.23. The van der Waals surface area contributed by atoms with E-state index in [4.69, 9.17) is 21.4 Å². The summed E-state index contributed by atoms with van der Waals surface area (Å²) in [6.07, 6.45) is 5.56. The number of terminal acetylenes is 1. The van der Waals surface area contributed by atoms with E-state index in [1.807, 2.05) is 0 Å². The van der Waals surface area contributed by atoms with Gasteiger partial charge < -0.3 is 14.6 Å². The molecule has 1 unspecified atom stereocenters. The Morgan fingerprint density at radius 2 is 1.65 bits per heavy atom. The zero-order chi connectivity index (χ0) is 16.7. The van der Waals surface area contributed by atoms with Crippen LogP contribution in [-0.2, 0) is 5.60 Å². The highest BCUT2D eigenvalue weighted by atomic mass is 16.5. The summed E-state index contributed by atoms with van der Waals surface area (Å²) in [5.74, 6) is 3.61. The third-order valence-electron chi connectivity index (χ3n) is 3.34. The molecule has 0 spiro atoms. The van der Waals surface area contributed by atoms with E-state index in [-0.39, 0.29) is 6.73 Å². The average Bonchev–Trinajstić information content (AvgIpc) is 2.62. The summed E-state index contributed by atoms with van der Waals surface area (Å²) in [5.41, 5.74) is 7.73. The van der Waals surface area contributed by atoms with Gasteiger partial charge in [0.25, 0.3) is 0 Å². The molecule has 0 heterocycles. The zero-order valence-corrected chi connectivity index (χ0v) is 12.5. The first-order valence-electron chi connectivity index (χ1n) is 6.73. The molecule has 0 fully saturated rings. The van der Waals surface area contributed by atoms with Gasteiger partial charge in [0.1, 0.15) is 11.5 Å². The fraction of sp³-hybridized carbons (Fsp3) is 0.176. The Kier molecular flexibility index (Phi) is 5.11. The van der Waals surface area contributed by atoms with Gasteiger partial charge >= 0.3 is 0 Å². The zero-order valence-electron chi connectivity index (χ0n) is 12.5. The molecule has 0 aliphatic carbocycles. The molecule has 1 N–H and O–H groups in total. The number of methoxy groups -OCH3 is 1. The quantitative estimate of drug-likeness (QED) is 0.384. The largest absolute Gasteiger partial charge is 0.497 e. The van der Waals surface area contributed by atoms with Crippen molar-refractivity contribution in [2.45, 2.75) is 5.60 Å². The van der Waals surface area contributed by atoms with E-state index in [1.165, 1.54) is 0 Å². The molecule has 6 nitrogen and oxygen atoms in total. The molecule has 0 aromatic heterocycles. The monoisotopic (exact) mass is 309 g/mol. The molecule has 0 saturated heterocycles. The van der Waals surface area contributed by atoms with Gasteiger partial charge in [0.15, 0.2) is 12.3 Å². The summed E-state index contributed by atoms with van der Waals surface area (Å²) in [5, 5.41) is 14.1. The van der Waals surface area contributed by atoms with Gasteiger partial charge in [-0.2, -0.15) is 0 Å². The number of aliphatic hydroxyl groups is 1. The van der Waals surface area contributed by atoms with E-state index >= 15 is 0 Å². The average molecular weight is 309 g/mol. The third-order valence-corrected chi connectivity index (χ3v) is 3.34. The van der Waals surface area contributed by atoms with Gasteiger partial charge in [-0.3, -0.25) is 0 Å². The van der Waals surface area contributed by atoms with Crippen LogP contribution in [0.15, 0.2) is 53.6 Å². The SMILES string of the molecule is C#CC(O)(c1ccc(OC)cc1)c1ccc(OCN=[N+]=[N-])cc1. The highest BCUT2D eigenvalue weighted by Gasteiger charge is 2.29. The fourth-order valence-electron chi connectivity index (χ4n) is 2.09. The summed E-state index contributed by atoms with van der Waals surface area (Å²) >= 11 is 0. The first kappa shape index (κ1) is 16.2. The lowest BCUT2D eigenvalue weighted by Crippen LogP contribution is -2.24. The third kappa shape index (κ3) is 3.55. The lowest BCUT2D eigenvalue weighted by molar-refractivity contribution is 0.145. The number of azide groups is 1. The molecule has 116 valence electrons. The number of hydrogen-bond acceptors (Lipinski definition) is 4. The van der Waals surface area contributed by atoms with Crippen LogP contribution in [0, 0.1) is 12.3 Å². The maximum atomic E-state index is 10.8. The van der Waals surface area contributed by atoms with Crippen molar-refractivity contribution in [1.29, 1.82) is 0 Å². The van der Waals surface area contributed by atoms with Gasteiger partial charge in [-0.05, 0) is 29.8 Å². The van der Waals surface area contributed by atoms with Crippen LogP contribution < -0.4 is 9.47 Å². The van der Waals surface area contributed by atoms with E-state index in [0.29, 0.717) is 22.6 Å². The van der Waals surface area contributed by atoms with Crippen LogP contribution >= 0.6 is 0 Å². The Morgan fingerprint density at radius 1 is 1.13 bits per heavy atom. The van der Waals surface area contributed by atoms with Crippen LogP contribution in [0.2, 0.25) is 0 Å². The Hall–Kier alpha value is -3.13. The normalized spacial score (nSPS) is 12.4. The summed E-state index contributed by atoms with van der Waals surface area (Å²) in [4.78, 5) is 2.60. The number of benzene rings is 2. The van der Waals surface area contributed by atoms with Crippen molar-refractivity contribution in [3.63, 3.8) is 0 Å². The Morgan fingerprint density at radius 3 is 2.09 bits per heavy atom. The number of nitrogens with zero attached hydrogens (tertiary/aromatic N) is 3. The first-order chi connectivity index (χ1) is 11.1. The molecule has 0 bridgehead atoms. The highest BCUT2D eigenvalue weighted by Crippen LogP contribution is 2.31. The molecule has 0 radical (unpaired) electrons. The van der Waals surface area contributed by atoms with Crippen molar-refractivity contribution in [2.75, 3.05) is 13.8 Å². The van der Waals surface area contributed by atoms with Gasteiger partial charge in [0.05, 0.1) is 7.11 Å². The molecule has 0 aliphatic heterocycles. The number of hydrogen-bond donors (Lipinski definition) is 1. The van der Waals surface area contributed by atoms with Crippen molar-refractivity contribution in [3.8, 4) is 23.8 Å². The number of ether oxygens (including phenoxy) is 2. The van der Waals surface area contributed by atoms with Crippen LogP contribution in [0.25, 0.3) is 10.4 Å². The summed E-state index contributed by atoms with van der Waals surface area (Å²) < 4.78 is 10.3. The summed E-state index contributed by atoms with van der Waals surface area (Å²) in [6.45, 7) is -0.103. The second-order valence-electron chi connectivity index (χ2n) is 4.61. The van der Waals surface area contributed by atoms with Crippen molar-refractivity contribution >= 4 is 0 Å². The summed E-state index contributed by atoms with van der Waals surface area (Å²) in [6, 6.07) is 13.5. The lowest BCUT2D eigenvalue weighted by Gasteiger charge is -2.23. The molecule has 2 aromatic carbocycles. The van der Waals surface area contributed by atoms with Crippen LogP contribution in [0.4, 0.5) is 0 Å². The van der Waals surface area contributed by atoms with Crippen LogP contribution in [-0.4, -0.2) is 18.9 Å². The highest BCUT2D eigenvalue weighted by molar-refractivity contribution is 5.46. The van der Waals surface area contributed by atoms with Gasteiger partial charge in [-0.25, -0.2) is 0 Å². The lowest BCUT2D eigenvalue weighted by atomic mass is 9.87. The summed E-state index contributed by atoms with van der Waals surface area (Å²) in [7, 11) is 1.57. The van der Waals surface area contributed by atoms with Gasteiger partial charge in [-0.15, -0.1) is 6.42 Å². The first-order valence-corrected chi connectivity index (χ1v) is 6.73. The van der Waals surface area contributed by atoms with Crippen LogP contribution in [0.3, 0.4) is 0 Å². The number of rotatable bonds is 6. The molecular formula is C17H15N3O3. The van der Waals surface area contributed by atoms with Crippen LogP contribution in [0.5, 0.6) is 11.5 Å². The minimum absolute atomic E-state index is 0.103. The molecule has 6 heteroatoms. The fourth-order valence-corrected chi connectivity index (χ4v) is 2.09. The molecule has 1 atom stereocenters. The maximum Gasteiger partial charge on any atom is 0.176 e. The smallest absolute Gasteiger partial charge is 0.176 e. The molecule has 2 rings (SSSR count). The van der Waals surface area contributed by atoms with E-state index in [1.54, 1.807) is 55.6 Å². The molecule has 0 saturated carbocycles. The van der Waals surface area contributed by atoms with Gasteiger partial charge in [-0.1, -0.05) is 35.3 Å². The maximum absolute atomic E-state index is 10.8. The van der Waals surface area contributed by atoms with Crippen molar-refractivity contribution in [2.24, 2.45) is 5.11 Å². The predicted octanol–water partition coefficient (Wildman–Crippen LogP) is 3.21. The van der Waals surface area contributed by atoms with Crippen molar-refractivity contribution in [3.05, 3.63) is 70.1 Å². The standard InChI is InChI=1S/C17H15N3O3/c1-3-17(21,13-4-8-15(22-2)9-5-13)14-6-10-16(11-7-14)23-12-19-20-18/h1,4-11,21H,12H2,2H3. The van der Waals surface area contributed by atoms with Gasteiger partial charge in [0.2, 0.25) is 0 Å². The van der Waals surface area contributed by atoms with Crippen molar-refractivity contribution in [1.82, 2.24) is 0 Å².